The van der Waals surface area contributed by atoms with Crippen LogP contribution in [0.2, 0.25) is 5.02 Å². The monoisotopic (exact) mass is 238 g/mol. The van der Waals surface area contributed by atoms with E-state index in [1.165, 1.54) is 6.42 Å². The quantitative estimate of drug-likeness (QED) is 0.859. The van der Waals surface area contributed by atoms with Crippen LogP contribution in [-0.4, -0.2) is 12.2 Å². The van der Waals surface area contributed by atoms with Crippen molar-refractivity contribution in [3.8, 4) is 5.75 Å². The summed E-state index contributed by atoms with van der Waals surface area (Å²) in [5, 5.41) is 11.3. The summed E-state index contributed by atoms with van der Waals surface area (Å²) in [6.45, 7) is 0. The van der Waals surface area contributed by atoms with E-state index in [4.69, 9.17) is 16.3 Å². The minimum atomic E-state index is -0.645. The Morgan fingerprint density at radius 2 is 2.06 bits per heavy atom. The van der Waals surface area contributed by atoms with Gasteiger partial charge in [-0.15, -0.1) is 0 Å². The van der Waals surface area contributed by atoms with E-state index < -0.39 is 5.60 Å². The molecule has 1 N–H and O–H groups in total. The molecule has 0 heterocycles. The van der Waals surface area contributed by atoms with Crippen molar-refractivity contribution in [2.75, 3.05) is 7.11 Å². The minimum Gasteiger partial charge on any atom is -0.496 e. The van der Waals surface area contributed by atoms with Crippen LogP contribution in [0.4, 0.5) is 0 Å². The van der Waals surface area contributed by atoms with E-state index >= 15 is 0 Å². The normalized spacial score (nSPS) is 35.9. The van der Waals surface area contributed by atoms with E-state index in [1.807, 2.05) is 12.1 Å². The van der Waals surface area contributed by atoms with Crippen LogP contribution in [0, 0.1) is 11.8 Å². The molecule has 0 amide bonds. The maximum absolute atomic E-state index is 10.7. The molecular formula is C13H15ClO2. The molecule has 0 aromatic heterocycles. The van der Waals surface area contributed by atoms with Gasteiger partial charge in [0.25, 0.3) is 0 Å². The summed E-state index contributed by atoms with van der Waals surface area (Å²) < 4.78 is 5.31. The van der Waals surface area contributed by atoms with Crippen molar-refractivity contribution in [3.05, 3.63) is 28.8 Å². The van der Waals surface area contributed by atoms with E-state index in [-0.39, 0.29) is 0 Å². The fourth-order valence-corrected chi connectivity index (χ4v) is 3.48. The zero-order valence-corrected chi connectivity index (χ0v) is 10.00. The van der Waals surface area contributed by atoms with Gasteiger partial charge in [-0.2, -0.15) is 0 Å². The second kappa shape index (κ2) is 3.38. The second-order valence-electron chi connectivity index (χ2n) is 4.81. The Morgan fingerprint density at radius 3 is 2.69 bits per heavy atom. The Labute approximate surface area is 100 Å². The van der Waals surface area contributed by atoms with Crippen LogP contribution >= 0.6 is 11.6 Å². The lowest BCUT2D eigenvalue weighted by molar-refractivity contribution is 0.102. The fourth-order valence-electron chi connectivity index (χ4n) is 3.32. The lowest BCUT2D eigenvalue weighted by Crippen LogP contribution is -2.14. The first-order chi connectivity index (χ1) is 7.67. The SMILES string of the molecule is COc1cc(Cl)ccc1C1(O)C2CCCC21. The first kappa shape index (κ1) is 10.4. The Balaban J connectivity index is 2.01. The highest BCUT2D eigenvalue weighted by atomic mass is 35.5. The van der Waals surface area contributed by atoms with E-state index in [0.29, 0.717) is 22.6 Å². The Morgan fingerprint density at radius 1 is 1.38 bits per heavy atom. The van der Waals surface area contributed by atoms with Crippen LogP contribution in [0.25, 0.3) is 0 Å². The summed E-state index contributed by atoms with van der Waals surface area (Å²) in [6, 6.07) is 5.51. The smallest absolute Gasteiger partial charge is 0.126 e. The topological polar surface area (TPSA) is 29.5 Å². The first-order valence-corrected chi connectivity index (χ1v) is 6.12. The summed E-state index contributed by atoms with van der Waals surface area (Å²) in [6.07, 6.45) is 3.51. The van der Waals surface area contributed by atoms with Gasteiger partial charge in [0.2, 0.25) is 0 Å². The van der Waals surface area contributed by atoms with Crippen molar-refractivity contribution in [3.63, 3.8) is 0 Å². The van der Waals surface area contributed by atoms with E-state index in [0.717, 1.165) is 18.4 Å². The predicted molar refractivity (Wildman–Crippen MR) is 62.7 cm³/mol. The Hall–Kier alpha value is -0.730. The molecule has 0 saturated heterocycles. The lowest BCUT2D eigenvalue weighted by Gasteiger charge is -2.18. The van der Waals surface area contributed by atoms with Crippen LogP contribution in [-0.2, 0) is 5.60 Å². The molecule has 86 valence electrons. The molecule has 2 aliphatic rings. The number of aliphatic hydroxyl groups is 1. The van der Waals surface area contributed by atoms with E-state index in [1.54, 1.807) is 13.2 Å². The molecule has 3 rings (SSSR count). The van der Waals surface area contributed by atoms with Crippen molar-refractivity contribution in [2.24, 2.45) is 11.8 Å². The summed E-state index contributed by atoms with van der Waals surface area (Å²) in [7, 11) is 1.62. The molecule has 2 saturated carbocycles. The maximum Gasteiger partial charge on any atom is 0.126 e. The minimum absolute atomic E-state index is 0.433. The van der Waals surface area contributed by atoms with Crippen molar-refractivity contribution < 1.29 is 9.84 Å². The summed E-state index contributed by atoms with van der Waals surface area (Å²) in [4.78, 5) is 0. The largest absolute Gasteiger partial charge is 0.496 e. The highest BCUT2D eigenvalue weighted by Gasteiger charge is 2.67. The summed E-state index contributed by atoms with van der Waals surface area (Å²) in [5.74, 6) is 1.58. The number of benzene rings is 1. The molecule has 2 fully saturated rings. The predicted octanol–water partition coefficient (Wildman–Crippen LogP) is 2.97. The van der Waals surface area contributed by atoms with Crippen LogP contribution in [0.15, 0.2) is 18.2 Å². The fraction of sp³-hybridized carbons (Fsp3) is 0.538. The van der Waals surface area contributed by atoms with Crippen LogP contribution in [0.5, 0.6) is 5.75 Å². The third-order valence-electron chi connectivity index (χ3n) is 4.13. The molecule has 0 bridgehead atoms. The van der Waals surface area contributed by atoms with Gasteiger partial charge >= 0.3 is 0 Å². The Kier molecular flexibility index (Phi) is 2.20. The highest BCUT2D eigenvalue weighted by Crippen LogP contribution is 2.67. The third-order valence-corrected chi connectivity index (χ3v) is 4.37. The van der Waals surface area contributed by atoms with Gasteiger partial charge in [0.15, 0.2) is 0 Å². The Bertz CT molecular complexity index is 420. The van der Waals surface area contributed by atoms with Crippen LogP contribution < -0.4 is 4.74 Å². The molecule has 1 aromatic rings. The molecule has 2 unspecified atom stereocenters. The second-order valence-corrected chi connectivity index (χ2v) is 5.25. The summed E-state index contributed by atoms with van der Waals surface area (Å²) >= 11 is 5.93. The van der Waals surface area contributed by atoms with Gasteiger partial charge in [-0.1, -0.05) is 24.1 Å². The number of methoxy groups -OCH3 is 1. The molecule has 2 atom stereocenters. The average Bonchev–Trinajstić information content (AvgIpc) is 2.70. The molecule has 1 aromatic carbocycles. The van der Waals surface area contributed by atoms with Gasteiger partial charge in [-0.05, 0) is 36.8 Å². The number of hydrogen-bond donors (Lipinski definition) is 1. The first-order valence-electron chi connectivity index (χ1n) is 5.74. The van der Waals surface area contributed by atoms with Crippen LogP contribution in [0.1, 0.15) is 24.8 Å². The number of rotatable bonds is 2. The highest BCUT2D eigenvalue weighted by molar-refractivity contribution is 6.30. The van der Waals surface area contributed by atoms with Crippen molar-refractivity contribution >= 4 is 11.6 Å². The number of hydrogen-bond acceptors (Lipinski definition) is 2. The number of ether oxygens (including phenoxy) is 1. The van der Waals surface area contributed by atoms with Gasteiger partial charge < -0.3 is 9.84 Å². The third kappa shape index (κ3) is 1.23. The van der Waals surface area contributed by atoms with Gasteiger partial charge in [-0.3, -0.25) is 0 Å². The average molecular weight is 239 g/mol. The molecule has 2 aliphatic carbocycles. The zero-order chi connectivity index (χ0) is 11.3. The van der Waals surface area contributed by atoms with Crippen molar-refractivity contribution in [1.82, 2.24) is 0 Å². The molecule has 0 spiro atoms. The molecule has 0 radical (unpaired) electrons. The molecule has 16 heavy (non-hydrogen) atoms. The molecule has 0 aliphatic heterocycles. The van der Waals surface area contributed by atoms with Gasteiger partial charge in [0.1, 0.15) is 5.75 Å². The van der Waals surface area contributed by atoms with Crippen molar-refractivity contribution in [2.45, 2.75) is 24.9 Å². The lowest BCUT2D eigenvalue weighted by atomic mass is 9.98. The maximum atomic E-state index is 10.7. The molecular weight excluding hydrogens is 224 g/mol. The zero-order valence-electron chi connectivity index (χ0n) is 9.24. The molecule has 2 nitrogen and oxygen atoms in total. The summed E-state index contributed by atoms with van der Waals surface area (Å²) in [5.41, 5.74) is 0.267. The van der Waals surface area contributed by atoms with Gasteiger partial charge in [-0.25, -0.2) is 0 Å². The molecule has 3 heteroatoms. The standard InChI is InChI=1S/C13H15ClO2/c1-16-12-7-8(14)5-6-11(12)13(15)9-3-2-4-10(9)13/h5-7,9-10,15H,2-4H2,1H3. The van der Waals surface area contributed by atoms with E-state index in [9.17, 15) is 5.11 Å². The van der Waals surface area contributed by atoms with E-state index in [2.05, 4.69) is 0 Å². The van der Waals surface area contributed by atoms with Crippen molar-refractivity contribution in [1.29, 1.82) is 0 Å². The van der Waals surface area contributed by atoms with Gasteiger partial charge in [0.05, 0.1) is 12.7 Å². The number of halogens is 1. The van der Waals surface area contributed by atoms with Crippen LogP contribution in [0.3, 0.4) is 0 Å². The number of fused-ring (bicyclic) bond motifs is 1. The van der Waals surface area contributed by atoms with Gasteiger partial charge in [0, 0.05) is 10.6 Å².